The molecule has 0 amide bonds. The number of aromatic nitrogens is 1. The molecule has 1 aromatic heterocycles. The van der Waals surface area contributed by atoms with Crippen molar-refractivity contribution in [2.75, 3.05) is 20.2 Å². The lowest BCUT2D eigenvalue weighted by molar-refractivity contribution is 0.227. The zero-order valence-corrected chi connectivity index (χ0v) is 8.43. The Bertz CT molecular complexity index is 289. The van der Waals surface area contributed by atoms with Gasteiger partial charge in [0, 0.05) is 31.6 Å². The molecule has 1 aliphatic heterocycles. The van der Waals surface area contributed by atoms with E-state index in [0.29, 0.717) is 18.6 Å². The van der Waals surface area contributed by atoms with E-state index < -0.39 is 0 Å². The van der Waals surface area contributed by atoms with Crippen molar-refractivity contribution in [3.05, 3.63) is 30.1 Å². The van der Waals surface area contributed by atoms with Crippen molar-refractivity contribution in [3.8, 4) is 0 Å². The fourth-order valence-corrected chi connectivity index (χ4v) is 2.20. The average molecular weight is 192 g/mol. The SMILES string of the molecule is CN1C[C@@H](CO)CC1c1cccnc1. The number of nitrogens with zero attached hydrogens (tertiary/aromatic N) is 2. The summed E-state index contributed by atoms with van der Waals surface area (Å²) in [6.07, 6.45) is 4.75. The number of aliphatic hydroxyl groups is 1. The Labute approximate surface area is 84.4 Å². The second-order valence-electron chi connectivity index (χ2n) is 4.03. The molecule has 0 radical (unpaired) electrons. The van der Waals surface area contributed by atoms with E-state index >= 15 is 0 Å². The minimum absolute atomic E-state index is 0.293. The second kappa shape index (κ2) is 4.07. The molecule has 1 unspecified atom stereocenters. The minimum atomic E-state index is 0.293. The topological polar surface area (TPSA) is 36.4 Å². The number of pyridine rings is 1. The Morgan fingerprint density at radius 3 is 3.07 bits per heavy atom. The molecule has 2 atom stereocenters. The summed E-state index contributed by atoms with van der Waals surface area (Å²) in [5.41, 5.74) is 1.26. The van der Waals surface area contributed by atoms with E-state index in [2.05, 4.69) is 23.0 Å². The van der Waals surface area contributed by atoms with Gasteiger partial charge in [0.1, 0.15) is 0 Å². The molecule has 3 heteroatoms. The third-order valence-corrected chi connectivity index (χ3v) is 2.96. The van der Waals surface area contributed by atoms with Crippen LogP contribution in [0.2, 0.25) is 0 Å². The smallest absolute Gasteiger partial charge is 0.0472 e. The van der Waals surface area contributed by atoms with Crippen molar-refractivity contribution in [1.29, 1.82) is 0 Å². The summed E-state index contributed by atoms with van der Waals surface area (Å²) >= 11 is 0. The first kappa shape index (κ1) is 9.62. The van der Waals surface area contributed by atoms with Crippen molar-refractivity contribution in [1.82, 2.24) is 9.88 Å². The van der Waals surface area contributed by atoms with Gasteiger partial charge in [0.25, 0.3) is 0 Å². The van der Waals surface area contributed by atoms with Gasteiger partial charge < -0.3 is 5.11 Å². The third-order valence-electron chi connectivity index (χ3n) is 2.96. The Morgan fingerprint density at radius 2 is 2.50 bits per heavy atom. The quantitative estimate of drug-likeness (QED) is 0.761. The molecule has 0 aliphatic carbocycles. The van der Waals surface area contributed by atoms with E-state index in [0.717, 1.165) is 13.0 Å². The summed E-state index contributed by atoms with van der Waals surface area (Å²) in [6.45, 7) is 1.27. The summed E-state index contributed by atoms with van der Waals surface area (Å²) in [4.78, 5) is 6.41. The zero-order valence-electron chi connectivity index (χ0n) is 8.43. The van der Waals surface area contributed by atoms with Crippen LogP contribution in [0.25, 0.3) is 0 Å². The molecule has 1 fully saturated rings. The number of hydrogen-bond donors (Lipinski definition) is 1. The van der Waals surface area contributed by atoms with Crippen LogP contribution in [-0.2, 0) is 0 Å². The van der Waals surface area contributed by atoms with Crippen LogP contribution in [0.15, 0.2) is 24.5 Å². The lowest BCUT2D eigenvalue weighted by Crippen LogP contribution is -2.18. The van der Waals surface area contributed by atoms with Crippen LogP contribution in [0, 0.1) is 5.92 Å². The molecule has 0 spiro atoms. The number of likely N-dealkylation sites (tertiary alicyclic amines) is 1. The van der Waals surface area contributed by atoms with Crippen LogP contribution in [0.3, 0.4) is 0 Å². The van der Waals surface area contributed by atoms with Crippen LogP contribution in [-0.4, -0.2) is 35.2 Å². The number of aliphatic hydroxyl groups excluding tert-OH is 1. The predicted molar refractivity (Wildman–Crippen MR) is 54.8 cm³/mol. The minimum Gasteiger partial charge on any atom is -0.396 e. The Balaban J connectivity index is 2.13. The van der Waals surface area contributed by atoms with Crippen LogP contribution >= 0.6 is 0 Å². The fraction of sp³-hybridized carbons (Fsp3) is 0.545. The van der Waals surface area contributed by atoms with Gasteiger partial charge in [-0.25, -0.2) is 0 Å². The highest BCUT2D eigenvalue weighted by molar-refractivity contribution is 5.15. The first-order valence-electron chi connectivity index (χ1n) is 5.02. The van der Waals surface area contributed by atoms with Crippen molar-refractivity contribution < 1.29 is 5.11 Å². The Hall–Kier alpha value is -0.930. The molecule has 0 aromatic carbocycles. The van der Waals surface area contributed by atoms with Gasteiger partial charge in [0.2, 0.25) is 0 Å². The maximum atomic E-state index is 9.11. The van der Waals surface area contributed by atoms with Gasteiger partial charge in [-0.1, -0.05) is 6.07 Å². The molecule has 1 N–H and O–H groups in total. The largest absolute Gasteiger partial charge is 0.396 e. The summed E-state index contributed by atoms with van der Waals surface area (Å²) < 4.78 is 0. The van der Waals surface area contributed by atoms with Gasteiger partial charge in [-0.15, -0.1) is 0 Å². The lowest BCUT2D eigenvalue weighted by Gasteiger charge is -2.18. The van der Waals surface area contributed by atoms with Gasteiger partial charge >= 0.3 is 0 Å². The highest BCUT2D eigenvalue weighted by atomic mass is 16.3. The first-order valence-corrected chi connectivity index (χ1v) is 5.02. The van der Waals surface area contributed by atoms with Crippen molar-refractivity contribution in [3.63, 3.8) is 0 Å². The maximum absolute atomic E-state index is 9.11. The van der Waals surface area contributed by atoms with Gasteiger partial charge in [0.15, 0.2) is 0 Å². The zero-order chi connectivity index (χ0) is 9.97. The van der Waals surface area contributed by atoms with Gasteiger partial charge in [-0.05, 0) is 31.0 Å². The van der Waals surface area contributed by atoms with Gasteiger partial charge in [-0.2, -0.15) is 0 Å². The molecule has 1 saturated heterocycles. The Morgan fingerprint density at radius 1 is 1.64 bits per heavy atom. The maximum Gasteiger partial charge on any atom is 0.0472 e. The molecule has 76 valence electrons. The molecular formula is C11H16N2O. The highest BCUT2D eigenvalue weighted by Crippen LogP contribution is 2.33. The van der Waals surface area contributed by atoms with Crippen LogP contribution in [0.5, 0.6) is 0 Å². The van der Waals surface area contributed by atoms with Crippen LogP contribution in [0.1, 0.15) is 18.0 Å². The Kier molecular flexibility index (Phi) is 2.79. The summed E-state index contributed by atoms with van der Waals surface area (Å²) in [5, 5.41) is 9.11. The molecule has 3 nitrogen and oxygen atoms in total. The summed E-state index contributed by atoms with van der Waals surface area (Å²) in [6, 6.07) is 4.50. The third kappa shape index (κ3) is 1.79. The standard InChI is InChI=1S/C11H16N2O/c1-13-7-9(8-14)5-11(13)10-3-2-4-12-6-10/h2-4,6,9,11,14H,5,7-8H2,1H3/t9-,11?/m0/s1. The van der Waals surface area contributed by atoms with E-state index in [1.54, 1.807) is 6.20 Å². The molecule has 0 bridgehead atoms. The highest BCUT2D eigenvalue weighted by Gasteiger charge is 2.29. The van der Waals surface area contributed by atoms with Gasteiger partial charge in [-0.3, -0.25) is 9.88 Å². The normalized spacial score (nSPS) is 28.1. The molecule has 2 heterocycles. The van der Waals surface area contributed by atoms with Crippen molar-refractivity contribution >= 4 is 0 Å². The molecule has 0 saturated carbocycles. The van der Waals surface area contributed by atoms with Crippen LogP contribution < -0.4 is 0 Å². The summed E-state index contributed by atoms with van der Waals surface area (Å²) in [7, 11) is 2.10. The molecule has 2 rings (SSSR count). The second-order valence-corrected chi connectivity index (χ2v) is 4.03. The molecular weight excluding hydrogens is 176 g/mol. The molecule has 14 heavy (non-hydrogen) atoms. The van der Waals surface area contributed by atoms with E-state index in [-0.39, 0.29) is 0 Å². The van der Waals surface area contributed by atoms with E-state index in [9.17, 15) is 0 Å². The summed E-state index contributed by atoms with van der Waals surface area (Å²) in [5.74, 6) is 0.421. The average Bonchev–Trinajstić information content (AvgIpc) is 2.61. The molecule has 1 aliphatic rings. The van der Waals surface area contributed by atoms with Crippen LogP contribution in [0.4, 0.5) is 0 Å². The van der Waals surface area contributed by atoms with Gasteiger partial charge in [0.05, 0.1) is 0 Å². The van der Waals surface area contributed by atoms with E-state index in [1.165, 1.54) is 5.56 Å². The number of hydrogen-bond acceptors (Lipinski definition) is 3. The molecule has 1 aromatic rings. The van der Waals surface area contributed by atoms with E-state index in [4.69, 9.17) is 5.11 Å². The lowest BCUT2D eigenvalue weighted by atomic mass is 10.0. The van der Waals surface area contributed by atoms with Crippen molar-refractivity contribution in [2.45, 2.75) is 12.5 Å². The fourth-order valence-electron chi connectivity index (χ4n) is 2.20. The first-order chi connectivity index (χ1) is 6.81. The van der Waals surface area contributed by atoms with E-state index in [1.807, 2.05) is 12.3 Å². The number of rotatable bonds is 2. The van der Waals surface area contributed by atoms with Crippen molar-refractivity contribution in [2.24, 2.45) is 5.92 Å². The monoisotopic (exact) mass is 192 g/mol. The predicted octanol–water partition coefficient (Wildman–Crippen LogP) is 1.07.